The summed E-state index contributed by atoms with van der Waals surface area (Å²) < 4.78 is 0. The van der Waals surface area contributed by atoms with Crippen LogP contribution in [0.4, 0.5) is 11.4 Å². The third-order valence-corrected chi connectivity index (χ3v) is 3.48. The minimum Gasteiger partial charge on any atom is -0.377 e. The van der Waals surface area contributed by atoms with E-state index in [1.54, 1.807) is 0 Å². The van der Waals surface area contributed by atoms with Gasteiger partial charge in [-0.25, -0.2) is 0 Å². The van der Waals surface area contributed by atoms with E-state index in [4.69, 9.17) is 0 Å². The van der Waals surface area contributed by atoms with Crippen LogP contribution in [0.1, 0.15) is 5.56 Å². The molecule has 1 N–H and O–H groups in total. The second kappa shape index (κ2) is 5.29. The lowest BCUT2D eigenvalue weighted by Crippen LogP contribution is -2.31. The number of para-hydroxylation sites is 2. The second-order valence-electron chi connectivity index (χ2n) is 5.09. The van der Waals surface area contributed by atoms with E-state index < -0.39 is 0 Å². The molecule has 0 unspecified atom stereocenters. The molecular weight excluding hydrogens is 246 g/mol. The van der Waals surface area contributed by atoms with E-state index >= 15 is 0 Å². The largest absolute Gasteiger partial charge is 0.377 e. The summed E-state index contributed by atoms with van der Waals surface area (Å²) in [6, 6.07) is 18.8. The van der Waals surface area contributed by atoms with Gasteiger partial charge in [-0.15, -0.1) is 0 Å². The molecule has 1 heterocycles. The van der Waals surface area contributed by atoms with E-state index in [0.29, 0.717) is 0 Å². The molecule has 0 saturated carbocycles. The summed E-state index contributed by atoms with van der Waals surface area (Å²) in [5, 5.41) is 2.15. The molecule has 1 aliphatic rings. The molecule has 20 heavy (non-hydrogen) atoms. The number of anilines is 2. The fourth-order valence-electron chi connectivity index (χ4n) is 2.46. The van der Waals surface area contributed by atoms with Gasteiger partial charge in [-0.1, -0.05) is 36.4 Å². The van der Waals surface area contributed by atoms with E-state index in [9.17, 15) is 0 Å². The molecule has 102 valence electrons. The Morgan fingerprint density at radius 3 is 2.40 bits per heavy atom. The first-order chi connectivity index (χ1) is 9.75. The summed E-state index contributed by atoms with van der Waals surface area (Å²) in [5.74, 6) is 0. The fourth-order valence-corrected chi connectivity index (χ4v) is 2.46. The zero-order chi connectivity index (χ0) is 13.9. The molecule has 3 rings (SSSR count). The van der Waals surface area contributed by atoms with Crippen molar-refractivity contribution in [3.05, 3.63) is 66.2 Å². The Morgan fingerprint density at radius 1 is 0.950 bits per heavy atom. The smallest absolute Gasteiger partial charge is 0.0614 e. The summed E-state index contributed by atoms with van der Waals surface area (Å²) >= 11 is 0. The number of nitrogens with zero attached hydrogens (tertiary/aromatic N) is 2. The van der Waals surface area contributed by atoms with Crippen molar-refractivity contribution in [2.45, 2.75) is 0 Å². The highest BCUT2D eigenvalue weighted by molar-refractivity contribution is 5.78. The lowest BCUT2D eigenvalue weighted by molar-refractivity contribution is 0.851. The molecule has 2 aromatic carbocycles. The lowest BCUT2D eigenvalue weighted by Gasteiger charge is -2.22. The normalized spacial score (nSPS) is 13.9. The maximum Gasteiger partial charge on any atom is 0.0614 e. The van der Waals surface area contributed by atoms with E-state index in [1.807, 2.05) is 6.07 Å². The number of nitrogens with one attached hydrogen (secondary N) is 1. The Labute approximate surface area is 120 Å². The highest BCUT2D eigenvalue weighted by atomic mass is 15.5. The van der Waals surface area contributed by atoms with Crippen molar-refractivity contribution in [2.24, 2.45) is 0 Å². The average Bonchev–Trinajstić information content (AvgIpc) is 2.98. The van der Waals surface area contributed by atoms with Gasteiger partial charge in [-0.05, 0) is 24.3 Å². The number of hydrogen-bond donors (Lipinski definition) is 1. The Hall–Kier alpha value is -2.42. The van der Waals surface area contributed by atoms with Crippen molar-refractivity contribution < 1.29 is 0 Å². The summed E-state index contributed by atoms with van der Waals surface area (Å²) in [6.07, 6.45) is 2.23. The first-order valence-corrected chi connectivity index (χ1v) is 6.82. The topological polar surface area (TPSA) is 18.5 Å². The summed E-state index contributed by atoms with van der Waals surface area (Å²) in [7, 11) is 4.15. The molecule has 0 amide bonds. The number of hydrazine groups is 1. The van der Waals surface area contributed by atoms with Gasteiger partial charge in [0.15, 0.2) is 0 Å². The van der Waals surface area contributed by atoms with Gasteiger partial charge < -0.3 is 4.90 Å². The van der Waals surface area contributed by atoms with Crippen molar-refractivity contribution >= 4 is 17.1 Å². The van der Waals surface area contributed by atoms with Crippen molar-refractivity contribution in [3.63, 3.8) is 0 Å². The van der Waals surface area contributed by atoms with Gasteiger partial charge in [0.05, 0.1) is 17.9 Å². The van der Waals surface area contributed by atoms with Gasteiger partial charge in [0.25, 0.3) is 0 Å². The standard InChI is InChI=1S/C17H19N3/c1-19(2)17-11-7-6-10-15(17)16-12-13-20(18-16)14-8-4-3-5-9-14/h3-12,18H,13H2,1-2H3. The van der Waals surface area contributed by atoms with E-state index in [2.05, 4.69) is 84.0 Å². The molecule has 0 saturated heterocycles. The van der Waals surface area contributed by atoms with Gasteiger partial charge >= 0.3 is 0 Å². The van der Waals surface area contributed by atoms with Gasteiger partial charge in [0.2, 0.25) is 0 Å². The number of hydrogen-bond acceptors (Lipinski definition) is 3. The molecule has 0 bridgehead atoms. The predicted molar refractivity (Wildman–Crippen MR) is 85.7 cm³/mol. The van der Waals surface area contributed by atoms with Crippen LogP contribution in [0, 0.1) is 0 Å². The molecular formula is C17H19N3. The van der Waals surface area contributed by atoms with Crippen LogP contribution < -0.4 is 15.3 Å². The van der Waals surface area contributed by atoms with E-state index in [1.165, 1.54) is 16.9 Å². The van der Waals surface area contributed by atoms with Crippen LogP contribution >= 0.6 is 0 Å². The second-order valence-corrected chi connectivity index (χ2v) is 5.09. The molecule has 0 spiro atoms. The zero-order valence-electron chi connectivity index (χ0n) is 11.9. The quantitative estimate of drug-likeness (QED) is 0.920. The Morgan fingerprint density at radius 2 is 1.65 bits per heavy atom. The SMILES string of the molecule is CN(C)c1ccccc1C1=CCN(c2ccccc2)N1. The van der Waals surface area contributed by atoms with Gasteiger partial charge in [-0.2, -0.15) is 0 Å². The molecule has 3 nitrogen and oxygen atoms in total. The van der Waals surface area contributed by atoms with Crippen LogP contribution in [0.3, 0.4) is 0 Å². The van der Waals surface area contributed by atoms with Crippen LogP contribution in [0.5, 0.6) is 0 Å². The lowest BCUT2D eigenvalue weighted by atomic mass is 10.1. The molecule has 0 aliphatic carbocycles. The molecule has 3 heteroatoms. The Kier molecular flexibility index (Phi) is 3.33. The molecule has 2 aromatic rings. The van der Waals surface area contributed by atoms with Crippen molar-refractivity contribution in [1.82, 2.24) is 5.43 Å². The van der Waals surface area contributed by atoms with Gasteiger partial charge in [0, 0.05) is 25.3 Å². The highest BCUT2D eigenvalue weighted by Gasteiger charge is 2.17. The van der Waals surface area contributed by atoms with Crippen LogP contribution in [0.2, 0.25) is 0 Å². The minimum atomic E-state index is 0.876. The first-order valence-electron chi connectivity index (χ1n) is 6.82. The number of benzene rings is 2. The summed E-state index contributed by atoms with van der Waals surface area (Å²) in [4.78, 5) is 2.14. The Bertz CT molecular complexity index is 617. The number of rotatable bonds is 3. The average molecular weight is 265 g/mol. The zero-order valence-corrected chi connectivity index (χ0v) is 11.9. The summed E-state index contributed by atoms with van der Waals surface area (Å²) in [6.45, 7) is 0.876. The third kappa shape index (κ3) is 2.35. The van der Waals surface area contributed by atoms with E-state index in [-0.39, 0.29) is 0 Å². The summed E-state index contributed by atoms with van der Waals surface area (Å²) in [5.41, 5.74) is 8.29. The molecule has 1 aliphatic heterocycles. The molecule has 0 aromatic heterocycles. The molecule has 0 atom stereocenters. The van der Waals surface area contributed by atoms with Crippen molar-refractivity contribution in [3.8, 4) is 0 Å². The highest BCUT2D eigenvalue weighted by Crippen LogP contribution is 2.28. The maximum absolute atomic E-state index is 3.49. The monoisotopic (exact) mass is 265 g/mol. The minimum absolute atomic E-state index is 0.876. The first kappa shape index (κ1) is 12.6. The van der Waals surface area contributed by atoms with Gasteiger partial charge in [0.1, 0.15) is 0 Å². The van der Waals surface area contributed by atoms with Crippen LogP contribution in [-0.2, 0) is 0 Å². The van der Waals surface area contributed by atoms with Crippen LogP contribution in [0.25, 0.3) is 5.70 Å². The predicted octanol–water partition coefficient (Wildman–Crippen LogP) is 3.12. The Balaban J connectivity index is 1.84. The molecule has 0 radical (unpaired) electrons. The fraction of sp³-hybridized carbons (Fsp3) is 0.176. The van der Waals surface area contributed by atoms with Crippen molar-refractivity contribution in [2.75, 3.05) is 30.5 Å². The van der Waals surface area contributed by atoms with Crippen LogP contribution in [-0.4, -0.2) is 20.6 Å². The van der Waals surface area contributed by atoms with Gasteiger partial charge in [-0.3, -0.25) is 10.4 Å². The maximum atomic E-state index is 3.49. The van der Waals surface area contributed by atoms with Crippen LogP contribution in [0.15, 0.2) is 60.7 Å². The van der Waals surface area contributed by atoms with Crippen molar-refractivity contribution in [1.29, 1.82) is 0 Å². The molecule has 0 fully saturated rings. The van der Waals surface area contributed by atoms with E-state index in [0.717, 1.165) is 12.2 Å². The third-order valence-electron chi connectivity index (χ3n) is 3.48.